The van der Waals surface area contributed by atoms with Crippen LogP contribution in [0.2, 0.25) is 0 Å². The summed E-state index contributed by atoms with van der Waals surface area (Å²) in [6.07, 6.45) is 2.76. The lowest BCUT2D eigenvalue weighted by Gasteiger charge is -2.02. The van der Waals surface area contributed by atoms with Crippen LogP contribution in [-0.4, -0.2) is 12.9 Å². The molecule has 74 valence electrons. The van der Waals surface area contributed by atoms with Crippen molar-refractivity contribution in [2.24, 2.45) is 5.92 Å². The molecule has 0 bridgehead atoms. The molecule has 0 amide bonds. The summed E-state index contributed by atoms with van der Waals surface area (Å²) in [5.41, 5.74) is 1.09. The summed E-state index contributed by atoms with van der Waals surface area (Å²) >= 11 is 0. The molecule has 2 rings (SSSR count). The number of hydrogen-bond acceptors (Lipinski definition) is 2. The minimum atomic E-state index is 0.358. The van der Waals surface area contributed by atoms with E-state index in [1.165, 1.54) is 0 Å². The zero-order valence-electron chi connectivity index (χ0n) is 8.32. The summed E-state index contributed by atoms with van der Waals surface area (Å²) < 4.78 is 5.05. The molecule has 0 radical (unpaired) electrons. The first-order chi connectivity index (χ1) is 6.79. The fourth-order valence-electron chi connectivity index (χ4n) is 1.49. The topological polar surface area (TPSA) is 26.3 Å². The third kappa shape index (κ3) is 2.13. The molecule has 0 unspecified atom stereocenters. The summed E-state index contributed by atoms with van der Waals surface area (Å²) in [5.74, 6) is 1.58. The van der Waals surface area contributed by atoms with Crippen LogP contribution in [0.3, 0.4) is 0 Å². The number of hydrogen-bond donors (Lipinski definition) is 0. The Kier molecular flexibility index (Phi) is 2.53. The molecule has 2 heteroatoms. The number of carbonyl (C=O) groups excluding carboxylic acids is 1. The molecule has 0 heterocycles. The molecule has 1 saturated carbocycles. The van der Waals surface area contributed by atoms with Crippen LogP contribution in [0.5, 0.6) is 5.75 Å². The highest BCUT2D eigenvalue weighted by molar-refractivity contribution is 5.85. The average molecular weight is 190 g/mol. The van der Waals surface area contributed by atoms with Gasteiger partial charge >= 0.3 is 0 Å². The number of rotatable bonds is 4. The highest BCUT2D eigenvalue weighted by Crippen LogP contribution is 2.31. The normalized spacial score (nSPS) is 15.2. The van der Waals surface area contributed by atoms with Crippen molar-refractivity contribution in [3.05, 3.63) is 29.8 Å². The molecule has 2 nitrogen and oxygen atoms in total. The molecule has 0 spiro atoms. The van der Waals surface area contributed by atoms with E-state index in [2.05, 4.69) is 0 Å². The fraction of sp³-hybridized carbons (Fsp3) is 0.417. The molecule has 0 N–H and O–H groups in total. The molecule has 0 aromatic heterocycles. The van der Waals surface area contributed by atoms with Gasteiger partial charge in [-0.05, 0) is 30.5 Å². The molecule has 1 aromatic carbocycles. The maximum atomic E-state index is 11.5. The van der Waals surface area contributed by atoms with Crippen LogP contribution in [0.4, 0.5) is 0 Å². The van der Waals surface area contributed by atoms with E-state index in [9.17, 15) is 4.79 Å². The zero-order chi connectivity index (χ0) is 9.97. The Morgan fingerprint density at radius 2 is 2.00 bits per heavy atom. The molecule has 1 aliphatic rings. The molecule has 1 fully saturated rings. The van der Waals surface area contributed by atoms with Crippen LogP contribution < -0.4 is 4.74 Å². The van der Waals surface area contributed by atoms with Crippen molar-refractivity contribution in [3.8, 4) is 5.75 Å². The van der Waals surface area contributed by atoms with Gasteiger partial charge in [0.2, 0.25) is 0 Å². The molecule has 14 heavy (non-hydrogen) atoms. The predicted octanol–water partition coefficient (Wildman–Crippen LogP) is 2.22. The van der Waals surface area contributed by atoms with Crippen molar-refractivity contribution in [1.82, 2.24) is 0 Å². The Morgan fingerprint density at radius 1 is 1.36 bits per heavy atom. The first-order valence-corrected chi connectivity index (χ1v) is 4.95. The first kappa shape index (κ1) is 9.25. The summed E-state index contributed by atoms with van der Waals surface area (Å²) in [5, 5.41) is 0. The van der Waals surface area contributed by atoms with Gasteiger partial charge < -0.3 is 4.74 Å². The van der Waals surface area contributed by atoms with E-state index in [0.29, 0.717) is 18.1 Å². The van der Waals surface area contributed by atoms with Gasteiger partial charge in [0.15, 0.2) is 0 Å². The molecule has 1 aromatic rings. The second kappa shape index (κ2) is 3.82. The van der Waals surface area contributed by atoms with E-state index >= 15 is 0 Å². The Bertz CT molecular complexity index is 323. The van der Waals surface area contributed by atoms with Gasteiger partial charge in [-0.25, -0.2) is 0 Å². The largest absolute Gasteiger partial charge is 0.497 e. The Labute approximate surface area is 83.9 Å². The summed E-state index contributed by atoms with van der Waals surface area (Å²) in [7, 11) is 1.64. The average Bonchev–Trinajstić information content (AvgIpc) is 3.02. The summed E-state index contributed by atoms with van der Waals surface area (Å²) in [6, 6.07) is 7.71. The second-order valence-corrected chi connectivity index (χ2v) is 3.77. The maximum Gasteiger partial charge on any atom is 0.140 e. The lowest BCUT2D eigenvalue weighted by molar-refractivity contribution is -0.119. The van der Waals surface area contributed by atoms with Gasteiger partial charge in [-0.2, -0.15) is 0 Å². The minimum Gasteiger partial charge on any atom is -0.497 e. The number of methoxy groups -OCH3 is 1. The van der Waals surface area contributed by atoms with E-state index in [1.54, 1.807) is 7.11 Å². The number of ketones is 1. The van der Waals surface area contributed by atoms with Crippen molar-refractivity contribution < 1.29 is 9.53 Å². The van der Waals surface area contributed by atoms with Gasteiger partial charge in [-0.1, -0.05) is 12.1 Å². The van der Waals surface area contributed by atoms with Crippen LogP contribution in [0.1, 0.15) is 18.4 Å². The van der Waals surface area contributed by atoms with E-state index in [-0.39, 0.29) is 0 Å². The van der Waals surface area contributed by atoms with Crippen molar-refractivity contribution in [2.45, 2.75) is 19.3 Å². The minimum absolute atomic E-state index is 0.358. The standard InChI is InChI=1S/C12H14O2/c1-14-11-6-2-9(3-7-11)8-12(13)10-4-5-10/h2-3,6-7,10H,4-5,8H2,1H3. The third-order valence-corrected chi connectivity index (χ3v) is 2.57. The lowest BCUT2D eigenvalue weighted by Crippen LogP contribution is -2.04. The summed E-state index contributed by atoms with van der Waals surface area (Å²) in [6.45, 7) is 0. The quantitative estimate of drug-likeness (QED) is 0.727. The van der Waals surface area contributed by atoms with Crippen molar-refractivity contribution >= 4 is 5.78 Å². The molecular weight excluding hydrogens is 176 g/mol. The van der Waals surface area contributed by atoms with Gasteiger partial charge in [0, 0.05) is 12.3 Å². The van der Waals surface area contributed by atoms with E-state index in [1.807, 2.05) is 24.3 Å². The number of Topliss-reactive ketones (excluding diaryl/α,β-unsaturated/α-hetero) is 1. The number of benzene rings is 1. The number of carbonyl (C=O) groups is 1. The van der Waals surface area contributed by atoms with Crippen LogP contribution >= 0.6 is 0 Å². The van der Waals surface area contributed by atoms with Crippen LogP contribution in [-0.2, 0) is 11.2 Å². The lowest BCUT2D eigenvalue weighted by atomic mass is 10.1. The Hall–Kier alpha value is -1.31. The van der Waals surface area contributed by atoms with E-state index in [0.717, 1.165) is 24.2 Å². The molecule has 0 atom stereocenters. The predicted molar refractivity (Wildman–Crippen MR) is 54.4 cm³/mol. The van der Waals surface area contributed by atoms with Crippen LogP contribution in [0.25, 0.3) is 0 Å². The second-order valence-electron chi connectivity index (χ2n) is 3.77. The van der Waals surface area contributed by atoms with Crippen LogP contribution in [0, 0.1) is 5.92 Å². The van der Waals surface area contributed by atoms with Crippen molar-refractivity contribution in [1.29, 1.82) is 0 Å². The Morgan fingerprint density at radius 3 is 2.50 bits per heavy atom. The molecular formula is C12H14O2. The zero-order valence-corrected chi connectivity index (χ0v) is 8.32. The van der Waals surface area contributed by atoms with Crippen LogP contribution in [0.15, 0.2) is 24.3 Å². The highest BCUT2D eigenvalue weighted by Gasteiger charge is 2.28. The van der Waals surface area contributed by atoms with Gasteiger partial charge in [0.05, 0.1) is 7.11 Å². The van der Waals surface area contributed by atoms with Gasteiger partial charge in [-0.15, -0.1) is 0 Å². The van der Waals surface area contributed by atoms with Crippen molar-refractivity contribution in [3.63, 3.8) is 0 Å². The fourth-order valence-corrected chi connectivity index (χ4v) is 1.49. The SMILES string of the molecule is COc1ccc(CC(=O)C2CC2)cc1. The Balaban J connectivity index is 1.98. The molecule has 0 saturated heterocycles. The van der Waals surface area contributed by atoms with Gasteiger partial charge in [-0.3, -0.25) is 4.79 Å². The highest BCUT2D eigenvalue weighted by atomic mass is 16.5. The smallest absolute Gasteiger partial charge is 0.140 e. The van der Waals surface area contributed by atoms with E-state index in [4.69, 9.17) is 4.74 Å². The molecule has 1 aliphatic carbocycles. The first-order valence-electron chi connectivity index (χ1n) is 4.95. The van der Waals surface area contributed by atoms with Crippen molar-refractivity contribution in [2.75, 3.05) is 7.11 Å². The maximum absolute atomic E-state index is 11.5. The molecule has 0 aliphatic heterocycles. The number of ether oxygens (including phenoxy) is 1. The third-order valence-electron chi connectivity index (χ3n) is 2.57. The monoisotopic (exact) mass is 190 g/mol. The van der Waals surface area contributed by atoms with Gasteiger partial charge in [0.1, 0.15) is 11.5 Å². The van der Waals surface area contributed by atoms with Gasteiger partial charge in [0.25, 0.3) is 0 Å². The van der Waals surface area contributed by atoms with E-state index < -0.39 is 0 Å². The summed E-state index contributed by atoms with van der Waals surface area (Å²) in [4.78, 5) is 11.5.